The van der Waals surface area contributed by atoms with Crippen LogP contribution < -0.4 is 24.3 Å². The quantitative estimate of drug-likeness (QED) is 0.477. The molecule has 0 saturated heterocycles. The molecule has 30 heavy (non-hydrogen) atoms. The summed E-state index contributed by atoms with van der Waals surface area (Å²) in [6.45, 7) is 0. The van der Waals surface area contributed by atoms with Crippen LogP contribution >= 0.6 is 11.3 Å². The third-order valence-electron chi connectivity index (χ3n) is 4.46. The van der Waals surface area contributed by atoms with Crippen LogP contribution in [0.5, 0.6) is 17.2 Å². The first kappa shape index (κ1) is 19.7. The molecule has 152 valence electrons. The van der Waals surface area contributed by atoms with Gasteiger partial charge in [-0.3, -0.25) is 4.79 Å². The Hall–Kier alpha value is -3.65. The molecule has 0 unspecified atom stereocenters. The average molecular weight is 421 g/mol. The molecule has 4 rings (SSSR count). The van der Waals surface area contributed by atoms with E-state index in [0.717, 1.165) is 16.9 Å². The molecule has 0 saturated carbocycles. The number of methoxy groups -OCH3 is 3. The first-order chi connectivity index (χ1) is 14.6. The van der Waals surface area contributed by atoms with Crippen molar-refractivity contribution in [1.82, 2.24) is 14.6 Å². The molecule has 0 aliphatic rings. The van der Waals surface area contributed by atoms with E-state index in [2.05, 4.69) is 10.1 Å². The number of fused-ring (bicyclic) bond motifs is 1. The molecule has 0 bridgehead atoms. The van der Waals surface area contributed by atoms with Gasteiger partial charge in [0.1, 0.15) is 5.75 Å². The summed E-state index contributed by atoms with van der Waals surface area (Å²) in [4.78, 5) is 17.7. The van der Waals surface area contributed by atoms with E-state index in [4.69, 9.17) is 14.2 Å². The van der Waals surface area contributed by atoms with E-state index in [0.29, 0.717) is 26.8 Å². The molecular weight excluding hydrogens is 402 g/mol. The third kappa shape index (κ3) is 3.77. The Morgan fingerprint density at radius 3 is 2.43 bits per heavy atom. The lowest BCUT2D eigenvalue weighted by molar-refractivity contribution is 0.354. The Bertz CT molecular complexity index is 1320. The fourth-order valence-electron chi connectivity index (χ4n) is 2.97. The molecule has 2 heterocycles. The Morgan fingerprint density at radius 1 is 0.967 bits per heavy atom. The number of aromatic nitrogens is 3. The second-order valence-electron chi connectivity index (χ2n) is 6.27. The van der Waals surface area contributed by atoms with Crippen molar-refractivity contribution in [2.24, 2.45) is 0 Å². The highest BCUT2D eigenvalue weighted by Gasteiger charge is 2.11. The number of para-hydroxylation sites is 1. The number of hydrogen-bond donors (Lipinski definition) is 0. The lowest BCUT2D eigenvalue weighted by atomic mass is 10.2. The molecule has 4 aromatic rings. The Morgan fingerprint density at radius 2 is 1.77 bits per heavy atom. The van der Waals surface area contributed by atoms with Gasteiger partial charge < -0.3 is 14.2 Å². The molecule has 0 spiro atoms. The van der Waals surface area contributed by atoms with Crippen LogP contribution in [0, 0.1) is 0 Å². The highest BCUT2D eigenvalue weighted by atomic mass is 32.1. The maximum absolute atomic E-state index is 12.8. The lowest BCUT2D eigenvalue weighted by Gasteiger charge is -2.09. The van der Waals surface area contributed by atoms with Gasteiger partial charge in [0, 0.05) is 5.56 Å². The monoisotopic (exact) mass is 421 g/mol. The highest BCUT2D eigenvalue weighted by molar-refractivity contribution is 7.15. The maximum Gasteiger partial charge on any atom is 0.291 e. The number of thiazole rings is 1. The Balaban J connectivity index is 1.67. The minimum absolute atomic E-state index is 0.225. The molecule has 0 aliphatic heterocycles. The normalized spacial score (nSPS) is 12.0. The molecule has 8 heteroatoms. The number of nitrogens with zero attached hydrogens (tertiary/aromatic N) is 3. The van der Waals surface area contributed by atoms with E-state index in [1.54, 1.807) is 39.5 Å². The summed E-state index contributed by atoms with van der Waals surface area (Å²) in [5, 5.41) is 4.32. The van der Waals surface area contributed by atoms with Crippen LogP contribution in [0.2, 0.25) is 0 Å². The van der Waals surface area contributed by atoms with Gasteiger partial charge in [-0.05, 0) is 35.9 Å². The number of ether oxygens (including phenoxy) is 3. The molecule has 0 fully saturated rings. The molecule has 0 aliphatic carbocycles. The van der Waals surface area contributed by atoms with Crippen LogP contribution in [0.1, 0.15) is 17.0 Å². The van der Waals surface area contributed by atoms with Gasteiger partial charge >= 0.3 is 0 Å². The first-order valence-electron chi connectivity index (χ1n) is 9.07. The molecule has 7 nitrogen and oxygen atoms in total. The number of benzene rings is 2. The second kappa shape index (κ2) is 8.38. The van der Waals surface area contributed by atoms with Gasteiger partial charge in [0.05, 0.1) is 25.9 Å². The fourth-order valence-corrected chi connectivity index (χ4v) is 3.88. The van der Waals surface area contributed by atoms with E-state index in [1.807, 2.05) is 42.5 Å². The van der Waals surface area contributed by atoms with Gasteiger partial charge in [-0.1, -0.05) is 41.7 Å². The molecule has 0 amide bonds. The zero-order valence-electron chi connectivity index (χ0n) is 16.7. The topological polar surface area (TPSA) is 75.0 Å². The molecule has 2 aromatic heterocycles. The highest BCUT2D eigenvalue weighted by Crippen LogP contribution is 2.31. The van der Waals surface area contributed by atoms with Gasteiger partial charge in [0.2, 0.25) is 4.96 Å². The zero-order valence-corrected chi connectivity index (χ0v) is 17.5. The van der Waals surface area contributed by atoms with Crippen molar-refractivity contribution < 1.29 is 14.2 Å². The number of hydrogen-bond acceptors (Lipinski definition) is 7. The van der Waals surface area contributed by atoms with Gasteiger partial charge in [0.25, 0.3) is 5.56 Å². The zero-order chi connectivity index (χ0) is 21.1. The summed E-state index contributed by atoms with van der Waals surface area (Å²) in [5.74, 6) is 2.44. The van der Waals surface area contributed by atoms with Crippen LogP contribution in [-0.4, -0.2) is 35.9 Å². The Labute approximate surface area is 176 Å². The van der Waals surface area contributed by atoms with Crippen molar-refractivity contribution in [2.75, 3.05) is 21.3 Å². The average Bonchev–Trinajstić information content (AvgIpc) is 3.31. The third-order valence-corrected chi connectivity index (χ3v) is 5.42. The molecule has 0 N–H and O–H groups in total. The summed E-state index contributed by atoms with van der Waals surface area (Å²) in [6, 6.07) is 13.1. The SMILES string of the molecule is COc1ccc(C=Cc2nc3sc(=Cc4cccc(OC)c4OC)c(=O)n3n2)cc1. The van der Waals surface area contributed by atoms with Crippen LogP contribution in [0.3, 0.4) is 0 Å². The van der Waals surface area contributed by atoms with E-state index in [9.17, 15) is 4.79 Å². The maximum atomic E-state index is 12.8. The van der Waals surface area contributed by atoms with Crippen molar-refractivity contribution in [3.05, 3.63) is 74.3 Å². The van der Waals surface area contributed by atoms with E-state index < -0.39 is 0 Å². The summed E-state index contributed by atoms with van der Waals surface area (Å²) in [5.41, 5.74) is 1.50. The van der Waals surface area contributed by atoms with Crippen molar-refractivity contribution in [3.8, 4) is 17.2 Å². The molecular formula is C22H19N3O4S. The van der Waals surface area contributed by atoms with Crippen molar-refractivity contribution in [2.45, 2.75) is 0 Å². The van der Waals surface area contributed by atoms with Crippen LogP contribution in [0.4, 0.5) is 0 Å². The van der Waals surface area contributed by atoms with Gasteiger partial charge in [0.15, 0.2) is 17.3 Å². The van der Waals surface area contributed by atoms with E-state index in [1.165, 1.54) is 15.9 Å². The van der Waals surface area contributed by atoms with Crippen molar-refractivity contribution >= 4 is 34.5 Å². The second-order valence-corrected chi connectivity index (χ2v) is 7.28. The molecule has 2 aromatic carbocycles. The van der Waals surface area contributed by atoms with E-state index >= 15 is 0 Å². The van der Waals surface area contributed by atoms with Crippen LogP contribution in [0.15, 0.2) is 47.3 Å². The van der Waals surface area contributed by atoms with Crippen LogP contribution in [-0.2, 0) is 0 Å². The molecule has 0 atom stereocenters. The summed E-state index contributed by atoms with van der Waals surface area (Å²) in [7, 11) is 4.77. The van der Waals surface area contributed by atoms with Crippen molar-refractivity contribution in [3.63, 3.8) is 0 Å². The summed E-state index contributed by atoms with van der Waals surface area (Å²) < 4.78 is 17.7. The fraction of sp³-hybridized carbons (Fsp3) is 0.136. The number of rotatable bonds is 6. The summed E-state index contributed by atoms with van der Waals surface area (Å²) in [6.07, 6.45) is 5.42. The largest absolute Gasteiger partial charge is 0.497 e. The molecule has 0 radical (unpaired) electrons. The first-order valence-corrected chi connectivity index (χ1v) is 9.89. The lowest BCUT2D eigenvalue weighted by Crippen LogP contribution is -2.23. The standard InChI is InChI=1S/C22H19N3O4S/c1-27-16-10-7-14(8-11-16)9-12-19-23-22-25(24-19)21(26)18(30-22)13-15-5-4-6-17(28-2)20(15)29-3/h4-13H,1-3H3. The predicted molar refractivity (Wildman–Crippen MR) is 117 cm³/mol. The van der Waals surface area contributed by atoms with Gasteiger partial charge in [-0.15, -0.1) is 5.10 Å². The smallest absolute Gasteiger partial charge is 0.291 e. The van der Waals surface area contributed by atoms with Crippen LogP contribution in [0.25, 0.3) is 23.2 Å². The van der Waals surface area contributed by atoms with Gasteiger partial charge in [-0.25, -0.2) is 0 Å². The predicted octanol–water partition coefficient (Wildman–Crippen LogP) is 2.89. The van der Waals surface area contributed by atoms with E-state index in [-0.39, 0.29) is 5.56 Å². The summed E-state index contributed by atoms with van der Waals surface area (Å²) >= 11 is 1.27. The Kier molecular flexibility index (Phi) is 5.49. The minimum atomic E-state index is -0.225. The van der Waals surface area contributed by atoms with Crippen molar-refractivity contribution in [1.29, 1.82) is 0 Å². The van der Waals surface area contributed by atoms with Gasteiger partial charge in [-0.2, -0.15) is 9.50 Å². The minimum Gasteiger partial charge on any atom is -0.497 e.